The Hall–Kier alpha value is -0.330. The third-order valence-electron chi connectivity index (χ3n) is 3.11. The molecule has 1 unspecified atom stereocenters. The average molecular weight is 212 g/mol. The lowest BCUT2D eigenvalue weighted by molar-refractivity contribution is -0.119. The Kier molecular flexibility index (Phi) is 6.87. The first kappa shape index (κ1) is 14.7. The Labute approximate surface area is 95.6 Å². The van der Waals surface area contributed by atoms with Gasteiger partial charge in [0.1, 0.15) is 5.78 Å². The SMILES string of the molecule is CCCCC(CC)CC(C)(C)CC(C)=O. The number of hydrogen-bond acceptors (Lipinski definition) is 1. The fourth-order valence-corrected chi connectivity index (χ4v) is 2.47. The maximum Gasteiger partial charge on any atom is 0.130 e. The summed E-state index contributed by atoms with van der Waals surface area (Å²) in [6.45, 7) is 10.7. The summed E-state index contributed by atoms with van der Waals surface area (Å²) in [5.41, 5.74) is 0.195. The van der Waals surface area contributed by atoms with Gasteiger partial charge in [-0.25, -0.2) is 0 Å². The van der Waals surface area contributed by atoms with Gasteiger partial charge in [-0.1, -0.05) is 53.4 Å². The van der Waals surface area contributed by atoms with Crippen LogP contribution in [-0.4, -0.2) is 5.78 Å². The van der Waals surface area contributed by atoms with E-state index in [0.717, 1.165) is 12.3 Å². The maximum atomic E-state index is 11.1. The van der Waals surface area contributed by atoms with E-state index in [9.17, 15) is 4.79 Å². The highest BCUT2D eigenvalue weighted by atomic mass is 16.1. The minimum absolute atomic E-state index is 0.195. The van der Waals surface area contributed by atoms with Crippen molar-refractivity contribution in [1.29, 1.82) is 0 Å². The number of unbranched alkanes of at least 4 members (excludes halogenated alkanes) is 1. The summed E-state index contributed by atoms with van der Waals surface area (Å²) in [4.78, 5) is 11.1. The van der Waals surface area contributed by atoms with E-state index in [4.69, 9.17) is 0 Å². The molecule has 0 aliphatic carbocycles. The Morgan fingerprint density at radius 3 is 2.27 bits per heavy atom. The molecular weight excluding hydrogens is 184 g/mol. The summed E-state index contributed by atoms with van der Waals surface area (Å²) in [5, 5.41) is 0. The van der Waals surface area contributed by atoms with Gasteiger partial charge in [0.25, 0.3) is 0 Å². The summed E-state index contributed by atoms with van der Waals surface area (Å²) in [7, 11) is 0. The summed E-state index contributed by atoms with van der Waals surface area (Å²) in [5.74, 6) is 1.13. The molecule has 0 saturated heterocycles. The molecule has 0 fully saturated rings. The number of rotatable bonds is 8. The second-order valence-corrected chi connectivity index (χ2v) is 5.66. The largest absolute Gasteiger partial charge is 0.300 e. The van der Waals surface area contributed by atoms with E-state index in [1.54, 1.807) is 6.92 Å². The molecule has 0 spiro atoms. The Morgan fingerprint density at radius 2 is 1.87 bits per heavy atom. The van der Waals surface area contributed by atoms with Gasteiger partial charge in [-0.05, 0) is 24.7 Å². The van der Waals surface area contributed by atoms with Crippen LogP contribution in [0.3, 0.4) is 0 Å². The minimum Gasteiger partial charge on any atom is -0.300 e. The topological polar surface area (TPSA) is 17.1 Å². The third-order valence-corrected chi connectivity index (χ3v) is 3.11. The quantitative estimate of drug-likeness (QED) is 0.574. The summed E-state index contributed by atoms with van der Waals surface area (Å²) in [6, 6.07) is 0. The molecule has 0 aliphatic heterocycles. The van der Waals surface area contributed by atoms with Gasteiger partial charge in [-0.3, -0.25) is 0 Å². The Morgan fingerprint density at radius 1 is 1.27 bits per heavy atom. The number of carbonyl (C=O) groups excluding carboxylic acids is 1. The van der Waals surface area contributed by atoms with Crippen molar-refractivity contribution in [2.45, 2.75) is 73.1 Å². The molecule has 0 bridgehead atoms. The summed E-state index contributed by atoms with van der Waals surface area (Å²) >= 11 is 0. The monoisotopic (exact) mass is 212 g/mol. The van der Waals surface area contributed by atoms with E-state index in [0.29, 0.717) is 5.78 Å². The zero-order chi connectivity index (χ0) is 11.9. The van der Waals surface area contributed by atoms with Crippen LogP contribution in [0.25, 0.3) is 0 Å². The molecule has 1 nitrogen and oxygen atoms in total. The first-order chi connectivity index (χ1) is 6.91. The standard InChI is InChI=1S/C14H28O/c1-6-8-9-13(7-2)11-14(4,5)10-12(3)15/h13H,6-11H2,1-5H3. The van der Waals surface area contributed by atoms with Crippen LogP contribution in [-0.2, 0) is 4.79 Å². The van der Waals surface area contributed by atoms with E-state index in [1.807, 2.05) is 0 Å². The maximum absolute atomic E-state index is 11.1. The van der Waals surface area contributed by atoms with Crippen molar-refractivity contribution in [3.8, 4) is 0 Å². The first-order valence-electron chi connectivity index (χ1n) is 6.40. The first-order valence-corrected chi connectivity index (χ1v) is 6.40. The van der Waals surface area contributed by atoms with Crippen LogP contribution in [0.2, 0.25) is 0 Å². The number of carbonyl (C=O) groups is 1. The molecule has 0 heterocycles. The molecule has 0 rings (SSSR count). The van der Waals surface area contributed by atoms with Crippen LogP contribution in [0, 0.1) is 11.3 Å². The van der Waals surface area contributed by atoms with Gasteiger partial charge in [-0.15, -0.1) is 0 Å². The highest BCUT2D eigenvalue weighted by Gasteiger charge is 2.23. The van der Waals surface area contributed by atoms with Crippen molar-refractivity contribution in [3.63, 3.8) is 0 Å². The van der Waals surface area contributed by atoms with Gasteiger partial charge in [-0.2, -0.15) is 0 Å². The van der Waals surface area contributed by atoms with Crippen molar-refractivity contribution >= 4 is 5.78 Å². The highest BCUT2D eigenvalue weighted by molar-refractivity contribution is 5.76. The van der Waals surface area contributed by atoms with E-state index >= 15 is 0 Å². The number of hydrogen-bond donors (Lipinski definition) is 0. The predicted octanol–water partition coefficient (Wildman–Crippen LogP) is 4.60. The third kappa shape index (κ3) is 7.58. The normalized spacial score (nSPS) is 13.9. The molecule has 0 aromatic heterocycles. The van der Waals surface area contributed by atoms with Gasteiger partial charge in [0.2, 0.25) is 0 Å². The molecule has 90 valence electrons. The Balaban J connectivity index is 4.07. The van der Waals surface area contributed by atoms with Crippen molar-refractivity contribution in [1.82, 2.24) is 0 Å². The van der Waals surface area contributed by atoms with Crippen molar-refractivity contribution in [2.75, 3.05) is 0 Å². The second-order valence-electron chi connectivity index (χ2n) is 5.66. The van der Waals surface area contributed by atoms with Crippen LogP contribution in [0.15, 0.2) is 0 Å². The lowest BCUT2D eigenvalue weighted by Crippen LogP contribution is -2.20. The van der Waals surface area contributed by atoms with Crippen molar-refractivity contribution < 1.29 is 4.79 Å². The molecular formula is C14H28O. The Bertz CT molecular complexity index is 182. The van der Waals surface area contributed by atoms with Crippen LogP contribution in [0.4, 0.5) is 0 Å². The van der Waals surface area contributed by atoms with Gasteiger partial charge >= 0.3 is 0 Å². The fourth-order valence-electron chi connectivity index (χ4n) is 2.47. The van der Waals surface area contributed by atoms with Gasteiger partial charge in [0.05, 0.1) is 0 Å². The average Bonchev–Trinajstić information content (AvgIpc) is 2.09. The summed E-state index contributed by atoms with van der Waals surface area (Å²) < 4.78 is 0. The lowest BCUT2D eigenvalue weighted by atomic mass is 9.77. The number of Topliss-reactive ketones (excluding diaryl/α,β-unsaturated/α-hetero) is 1. The molecule has 15 heavy (non-hydrogen) atoms. The second kappa shape index (κ2) is 7.03. The van der Waals surface area contributed by atoms with Crippen LogP contribution >= 0.6 is 0 Å². The van der Waals surface area contributed by atoms with E-state index in [2.05, 4.69) is 27.7 Å². The summed E-state index contributed by atoms with van der Waals surface area (Å²) in [6.07, 6.45) is 7.12. The van der Waals surface area contributed by atoms with Crippen LogP contribution < -0.4 is 0 Å². The molecule has 0 aromatic rings. The molecule has 0 aromatic carbocycles. The predicted molar refractivity (Wildman–Crippen MR) is 67.0 cm³/mol. The van der Waals surface area contributed by atoms with E-state index < -0.39 is 0 Å². The van der Waals surface area contributed by atoms with E-state index in [1.165, 1.54) is 32.1 Å². The molecule has 1 atom stereocenters. The molecule has 0 aliphatic rings. The smallest absolute Gasteiger partial charge is 0.130 e. The van der Waals surface area contributed by atoms with E-state index in [-0.39, 0.29) is 5.41 Å². The molecule has 0 amide bonds. The van der Waals surface area contributed by atoms with Crippen LogP contribution in [0.5, 0.6) is 0 Å². The zero-order valence-electron chi connectivity index (χ0n) is 11.2. The van der Waals surface area contributed by atoms with Gasteiger partial charge in [0.15, 0.2) is 0 Å². The highest BCUT2D eigenvalue weighted by Crippen LogP contribution is 2.33. The van der Waals surface area contributed by atoms with Gasteiger partial charge < -0.3 is 4.79 Å². The molecule has 1 heteroatoms. The molecule has 0 radical (unpaired) electrons. The molecule has 0 saturated carbocycles. The van der Waals surface area contributed by atoms with Crippen molar-refractivity contribution in [3.05, 3.63) is 0 Å². The molecule has 0 N–H and O–H groups in total. The fraction of sp³-hybridized carbons (Fsp3) is 0.929. The number of ketones is 1. The minimum atomic E-state index is 0.195. The van der Waals surface area contributed by atoms with Crippen LogP contribution in [0.1, 0.15) is 73.1 Å². The van der Waals surface area contributed by atoms with Gasteiger partial charge in [0, 0.05) is 6.42 Å². The lowest BCUT2D eigenvalue weighted by Gasteiger charge is -2.28. The van der Waals surface area contributed by atoms with Crippen molar-refractivity contribution in [2.24, 2.45) is 11.3 Å². The zero-order valence-corrected chi connectivity index (χ0v) is 11.2.